The molecule has 0 radical (unpaired) electrons. The molecule has 0 unspecified atom stereocenters. The zero-order chi connectivity index (χ0) is 17.1. The van der Waals surface area contributed by atoms with Gasteiger partial charge in [-0.25, -0.2) is 4.79 Å². The molecule has 5 nitrogen and oxygen atoms in total. The molecule has 1 aliphatic heterocycles. The number of hydrogen-bond donors (Lipinski definition) is 3. The number of carbonyl (C=O) groups is 1. The first-order chi connectivity index (χ1) is 10.7. The maximum Gasteiger partial charge on any atom is 0.412 e. The van der Waals surface area contributed by atoms with Crippen LogP contribution in [0.4, 0.5) is 10.5 Å². The summed E-state index contributed by atoms with van der Waals surface area (Å²) in [6, 6.07) is 5.41. The molecule has 0 spiro atoms. The molecule has 0 aliphatic carbocycles. The fourth-order valence-corrected chi connectivity index (χ4v) is 2.81. The minimum atomic E-state index is -0.706. The highest BCUT2D eigenvalue weighted by atomic mass is 35.5. The Balaban J connectivity index is 2.08. The van der Waals surface area contributed by atoms with E-state index in [0.717, 1.165) is 18.7 Å². The smallest absolute Gasteiger partial charge is 0.412 e. The van der Waals surface area contributed by atoms with E-state index in [0.29, 0.717) is 30.0 Å². The monoisotopic (exact) mass is 340 g/mol. The Morgan fingerprint density at radius 2 is 2.04 bits per heavy atom. The van der Waals surface area contributed by atoms with E-state index < -0.39 is 17.3 Å². The van der Waals surface area contributed by atoms with Crippen LogP contribution >= 0.6 is 11.6 Å². The van der Waals surface area contributed by atoms with Crippen molar-refractivity contribution in [3.63, 3.8) is 0 Å². The van der Waals surface area contributed by atoms with Crippen LogP contribution in [-0.2, 0) is 11.2 Å². The van der Waals surface area contributed by atoms with Crippen molar-refractivity contribution in [2.75, 3.05) is 18.4 Å². The molecule has 0 atom stereocenters. The fraction of sp³-hybridized carbons (Fsp3) is 0.588. The summed E-state index contributed by atoms with van der Waals surface area (Å²) in [6.07, 6.45) is 1.42. The number of benzene rings is 1. The van der Waals surface area contributed by atoms with Gasteiger partial charge in [0.15, 0.2) is 0 Å². The highest BCUT2D eigenvalue weighted by molar-refractivity contribution is 6.33. The maximum absolute atomic E-state index is 11.9. The van der Waals surface area contributed by atoms with Gasteiger partial charge in [-0.1, -0.05) is 17.7 Å². The van der Waals surface area contributed by atoms with E-state index in [1.54, 1.807) is 32.9 Å². The Kier molecular flexibility index (Phi) is 5.55. The predicted octanol–water partition coefficient (Wildman–Crippen LogP) is 3.34. The van der Waals surface area contributed by atoms with Crippen LogP contribution in [-0.4, -0.2) is 35.5 Å². The highest BCUT2D eigenvalue weighted by Crippen LogP contribution is 2.28. The van der Waals surface area contributed by atoms with Crippen molar-refractivity contribution in [1.29, 1.82) is 0 Å². The lowest BCUT2D eigenvalue weighted by atomic mass is 9.86. The summed E-state index contributed by atoms with van der Waals surface area (Å²) in [5.41, 5.74) is 0.154. The highest BCUT2D eigenvalue weighted by Gasteiger charge is 2.29. The summed E-state index contributed by atoms with van der Waals surface area (Å²) in [5, 5.41) is 17.0. The van der Waals surface area contributed by atoms with Crippen molar-refractivity contribution in [2.45, 2.75) is 51.2 Å². The van der Waals surface area contributed by atoms with E-state index in [1.807, 2.05) is 6.07 Å². The molecule has 1 aromatic carbocycles. The molecule has 23 heavy (non-hydrogen) atoms. The Morgan fingerprint density at radius 1 is 1.39 bits per heavy atom. The molecule has 0 saturated carbocycles. The molecule has 1 fully saturated rings. The SMILES string of the molecule is CC(C)(C)OC(=O)Nc1cc(CC2(O)CCNCC2)ccc1Cl. The van der Waals surface area contributed by atoms with Crippen molar-refractivity contribution in [3.8, 4) is 0 Å². The second-order valence-corrected chi connectivity index (χ2v) is 7.50. The van der Waals surface area contributed by atoms with Gasteiger partial charge in [0, 0.05) is 6.42 Å². The standard InChI is InChI=1S/C17H25ClN2O3/c1-16(2,3)23-15(21)20-14-10-12(4-5-13(14)18)11-17(22)6-8-19-9-7-17/h4-5,10,19,22H,6-9,11H2,1-3H3,(H,20,21). The van der Waals surface area contributed by atoms with Crippen LogP contribution in [0.5, 0.6) is 0 Å². The van der Waals surface area contributed by atoms with Crippen molar-refractivity contribution in [2.24, 2.45) is 0 Å². The number of anilines is 1. The number of halogens is 1. The van der Waals surface area contributed by atoms with E-state index >= 15 is 0 Å². The van der Waals surface area contributed by atoms with Crippen molar-refractivity contribution in [3.05, 3.63) is 28.8 Å². The van der Waals surface area contributed by atoms with Crippen LogP contribution in [0.25, 0.3) is 0 Å². The van der Waals surface area contributed by atoms with Crippen LogP contribution in [0.2, 0.25) is 5.02 Å². The van der Waals surface area contributed by atoms with Crippen molar-refractivity contribution in [1.82, 2.24) is 5.32 Å². The van der Waals surface area contributed by atoms with Gasteiger partial charge >= 0.3 is 6.09 Å². The lowest BCUT2D eigenvalue weighted by Gasteiger charge is -2.32. The molecule has 0 aromatic heterocycles. The number of amides is 1. The number of hydrogen-bond acceptors (Lipinski definition) is 4. The minimum Gasteiger partial charge on any atom is -0.444 e. The average molecular weight is 341 g/mol. The Hall–Kier alpha value is -1.30. The molecular formula is C17H25ClN2O3. The van der Waals surface area contributed by atoms with E-state index in [1.165, 1.54) is 0 Å². The first-order valence-electron chi connectivity index (χ1n) is 7.88. The zero-order valence-electron chi connectivity index (χ0n) is 13.9. The molecule has 2 rings (SSSR count). The number of nitrogens with one attached hydrogen (secondary N) is 2. The van der Waals surface area contributed by atoms with Gasteiger partial charge in [-0.05, 0) is 64.4 Å². The summed E-state index contributed by atoms with van der Waals surface area (Å²) in [4.78, 5) is 11.9. The molecule has 1 aromatic rings. The lowest BCUT2D eigenvalue weighted by molar-refractivity contribution is 0.0109. The molecule has 128 valence electrons. The van der Waals surface area contributed by atoms with Crippen molar-refractivity contribution < 1.29 is 14.6 Å². The molecule has 6 heteroatoms. The topological polar surface area (TPSA) is 70.6 Å². The van der Waals surface area contributed by atoms with Gasteiger partial charge in [-0.2, -0.15) is 0 Å². The average Bonchev–Trinajstić information content (AvgIpc) is 2.41. The van der Waals surface area contributed by atoms with E-state index in [4.69, 9.17) is 16.3 Å². The van der Waals surface area contributed by atoms with Crippen LogP contribution in [0.15, 0.2) is 18.2 Å². The summed E-state index contributed by atoms with van der Waals surface area (Å²) in [7, 11) is 0. The third-order valence-electron chi connectivity index (χ3n) is 3.73. The Morgan fingerprint density at radius 3 is 2.65 bits per heavy atom. The summed E-state index contributed by atoms with van der Waals surface area (Å²) in [6.45, 7) is 7.03. The van der Waals surface area contributed by atoms with Crippen LogP contribution in [0.3, 0.4) is 0 Å². The molecule has 0 bridgehead atoms. The molecule has 1 aliphatic rings. The van der Waals surface area contributed by atoms with Gasteiger partial charge in [0.25, 0.3) is 0 Å². The van der Waals surface area contributed by atoms with E-state index in [-0.39, 0.29) is 0 Å². The zero-order valence-corrected chi connectivity index (χ0v) is 14.7. The van der Waals surface area contributed by atoms with Gasteiger partial charge in [-0.15, -0.1) is 0 Å². The molecule has 1 heterocycles. The predicted molar refractivity (Wildman–Crippen MR) is 92.1 cm³/mol. The minimum absolute atomic E-state index is 0.442. The van der Waals surface area contributed by atoms with Gasteiger partial charge in [0.1, 0.15) is 5.60 Å². The van der Waals surface area contributed by atoms with Gasteiger partial charge < -0.3 is 15.2 Å². The Labute approximate surface area is 142 Å². The number of ether oxygens (including phenoxy) is 1. The number of piperidine rings is 1. The lowest BCUT2D eigenvalue weighted by Crippen LogP contribution is -2.43. The van der Waals surface area contributed by atoms with Crippen LogP contribution < -0.4 is 10.6 Å². The second-order valence-electron chi connectivity index (χ2n) is 7.09. The largest absolute Gasteiger partial charge is 0.444 e. The number of aliphatic hydroxyl groups is 1. The normalized spacial score (nSPS) is 17.6. The molecule has 1 amide bonds. The second kappa shape index (κ2) is 7.07. The summed E-state index contributed by atoms with van der Waals surface area (Å²) >= 11 is 6.15. The Bertz CT molecular complexity index is 563. The molecular weight excluding hydrogens is 316 g/mol. The fourth-order valence-electron chi connectivity index (χ4n) is 2.64. The quantitative estimate of drug-likeness (QED) is 0.789. The van der Waals surface area contributed by atoms with E-state index in [2.05, 4.69) is 10.6 Å². The van der Waals surface area contributed by atoms with Gasteiger partial charge in [-0.3, -0.25) is 5.32 Å². The first-order valence-corrected chi connectivity index (χ1v) is 8.26. The first kappa shape index (κ1) is 18.0. The molecule has 3 N–H and O–H groups in total. The summed E-state index contributed by atoms with van der Waals surface area (Å²) < 4.78 is 5.24. The third kappa shape index (κ3) is 5.68. The van der Waals surface area contributed by atoms with Crippen LogP contribution in [0, 0.1) is 0 Å². The maximum atomic E-state index is 11.9. The van der Waals surface area contributed by atoms with E-state index in [9.17, 15) is 9.90 Å². The van der Waals surface area contributed by atoms with Crippen molar-refractivity contribution >= 4 is 23.4 Å². The van der Waals surface area contributed by atoms with Crippen LogP contribution in [0.1, 0.15) is 39.2 Å². The third-order valence-corrected chi connectivity index (χ3v) is 4.06. The van der Waals surface area contributed by atoms with Gasteiger partial charge in [0.05, 0.1) is 16.3 Å². The summed E-state index contributed by atoms with van der Waals surface area (Å²) in [5.74, 6) is 0. The number of rotatable bonds is 3. The van der Waals surface area contributed by atoms with Gasteiger partial charge in [0.2, 0.25) is 0 Å². The molecule has 1 saturated heterocycles. The number of carbonyl (C=O) groups excluding carboxylic acids is 1.